The third-order valence-electron chi connectivity index (χ3n) is 10.1. The van der Waals surface area contributed by atoms with Gasteiger partial charge in [-0.1, -0.05) is 44.2 Å². The van der Waals surface area contributed by atoms with Gasteiger partial charge in [0.25, 0.3) is 0 Å². The molecule has 60 heavy (non-hydrogen) atoms. The topological polar surface area (TPSA) is 359 Å². The zero-order chi connectivity index (χ0) is 44.7. The molecule has 7 atom stereocenters. The van der Waals surface area contributed by atoms with Crippen molar-refractivity contribution < 1.29 is 58.5 Å². The number of amides is 6. The zero-order valence-corrected chi connectivity index (χ0v) is 33.6. The van der Waals surface area contributed by atoms with E-state index in [1.807, 2.05) is 0 Å². The van der Waals surface area contributed by atoms with Gasteiger partial charge in [0.05, 0.1) is 18.9 Å². The largest absolute Gasteiger partial charge is 0.481 e. The van der Waals surface area contributed by atoms with Crippen LogP contribution in [0.5, 0.6) is 0 Å². The number of rotatable bonds is 22. The van der Waals surface area contributed by atoms with E-state index in [4.69, 9.17) is 22.3 Å². The highest BCUT2D eigenvalue weighted by atomic mass is 16.4. The van der Waals surface area contributed by atoms with Crippen molar-refractivity contribution in [3.8, 4) is 0 Å². The van der Waals surface area contributed by atoms with Crippen LogP contribution in [0.25, 0.3) is 0 Å². The first-order valence-corrected chi connectivity index (χ1v) is 19.6. The molecule has 0 unspecified atom stereocenters. The molecule has 22 nitrogen and oxygen atoms in total. The highest BCUT2D eigenvalue weighted by Gasteiger charge is 2.42. The molecule has 0 bridgehead atoms. The van der Waals surface area contributed by atoms with Gasteiger partial charge in [0.15, 0.2) is 5.96 Å². The fourth-order valence-corrected chi connectivity index (χ4v) is 7.06. The standard InChI is InChI=1S/C38H56N10O12/c1-20(2)30(46-33(55)26-12-7-15-47(26)36(58)25(19-29(51)52)45-31(53)22(39)18-28(49)50)34(56)44-24(17-21-9-4-3-5-10-21)32(54)43-23(11-6-14-42-38(40)41)35(57)48-16-8-13-27(48)37(59)60/h3-5,9-10,20,22-27,30H,6-8,11-19,39H2,1-2H3,(H,43,54)(H,44,56)(H,45,53)(H,46,55)(H,49,50)(H,51,52)(H,59,60)(H4,40,41,42)/t22-,23-,24-,25-,26-,27-,30-/m0/s1. The molecule has 3 rings (SSSR count). The van der Waals surface area contributed by atoms with Crippen molar-refractivity contribution in [3.63, 3.8) is 0 Å². The first-order chi connectivity index (χ1) is 28.3. The number of aliphatic imine (C=N–C) groups is 1. The van der Waals surface area contributed by atoms with E-state index in [-0.39, 0.29) is 57.7 Å². The molecule has 2 aliphatic heterocycles. The predicted molar refractivity (Wildman–Crippen MR) is 212 cm³/mol. The number of hydrogen-bond donors (Lipinski definition) is 10. The number of carboxylic acids is 3. The van der Waals surface area contributed by atoms with Crippen molar-refractivity contribution in [3.05, 3.63) is 35.9 Å². The number of guanidine groups is 1. The SMILES string of the molecule is CC(C)[C@H](NC(=O)[C@@H]1CCCN1C(=O)[C@H](CC(=O)O)NC(=O)[C@@H](N)CC(=O)O)C(=O)N[C@@H](Cc1ccccc1)C(=O)N[C@@H](CCCN=C(N)N)C(=O)N1CCC[C@H]1C(=O)O. The molecule has 2 heterocycles. The van der Waals surface area contributed by atoms with E-state index >= 15 is 0 Å². The summed E-state index contributed by atoms with van der Waals surface area (Å²) in [7, 11) is 0. The van der Waals surface area contributed by atoms with E-state index in [0.29, 0.717) is 18.4 Å². The predicted octanol–water partition coefficient (Wildman–Crippen LogP) is -2.78. The molecule has 0 aliphatic carbocycles. The van der Waals surface area contributed by atoms with Crippen molar-refractivity contribution in [2.24, 2.45) is 28.1 Å². The lowest BCUT2D eigenvalue weighted by Crippen LogP contribution is -2.60. The Balaban J connectivity index is 1.84. The number of nitrogens with one attached hydrogen (secondary N) is 4. The summed E-state index contributed by atoms with van der Waals surface area (Å²) in [6, 6.07) is -0.693. The summed E-state index contributed by atoms with van der Waals surface area (Å²) >= 11 is 0. The zero-order valence-electron chi connectivity index (χ0n) is 33.6. The number of likely N-dealkylation sites (tertiary alicyclic amines) is 2. The van der Waals surface area contributed by atoms with Gasteiger partial charge >= 0.3 is 17.9 Å². The number of nitrogens with two attached hydrogens (primary N) is 3. The minimum atomic E-state index is -1.69. The van der Waals surface area contributed by atoms with Gasteiger partial charge in [0.2, 0.25) is 35.4 Å². The van der Waals surface area contributed by atoms with Crippen LogP contribution < -0.4 is 38.5 Å². The summed E-state index contributed by atoms with van der Waals surface area (Å²) in [6.45, 7) is 3.54. The highest BCUT2D eigenvalue weighted by molar-refractivity contribution is 5.98. The molecule has 0 aromatic heterocycles. The van der Waals surface area contributed by atoms with Crippen LogP contribution in [0.4, 0.5) is 0 Å². The molecule has 2 fully saturated rings. The van der Waals surface area contributed by atoms with Crippen LogP contribution in [0.3, 0.4) is 0 Å². The number of hydrogen-bond acceptors (Lipinski definition) is 11. The number of carbonyl (C=O) groups is 9. The van der Waals surface area contributed by atoms with E-state index in [0.717, 1.165) is 4.90 Å². The molecule has 330 valence electrons. The number of nitrogens with zero attached hydrogens (tertiary/aromatic N) is 3. The van der Waals surface area contributed by atoms with Gasteiger partial charge in [-0.15, -0.1) is 0 Å². The third-order valence-corrected chi connectivity index (χ3v) is 10.1. The van der Waals surface area contributed by atoms with Gasteiger partial charge < -0.3 is 63.6 Å². The summed E-state index contributed by atoms with van der Waals surface area (Å²) < 4.78 is 0. The van der Waals surface area contributed by atoms with E-state index in [9.17, 15) is 53.4 Å². The molecule has 6 amide bonds. The number of carboxylic acid groups (broad SMARTS) is 3. The maximum atomic E-state index is 14.1. The van der Waals surface area contributed by atoms with Crippen LogP contribution in [0.15, 0.2) is 35.3 Å². The maximum Gasteiger partial charge on any atom is 0.326 e. The van der Waals surface area contributed by atoms with Crippen LogP contribution in [-0.2, 0) is 49.6 Å². The molecule has 1 aromatic rings. The molecule has 2 aliphatic rings. The van der Waals surface area contributed by atoms with Crippen LogP contribution in [0.1, 0.15) is 70.8 Å². The molecular formula is C38H56N10O12. The Morgan fingerprint density at radius 1 is 0.733 bits per heavy atom. The van der Waals surface area contributed by atoms with Crippen LogP contribution in [0, 0.1) is 5.92 Å². The van der Waals surface area contributed by atoms with Gasteiger partial charge in [0, 0.05) is 26.1 Å². The molecule has 0 saturated carbocycles. The summed E-state index contributed by atoms with van der Waals surface area (Å²) in [4.78, 5) is 123. The van der Waals surface area contributed by atoms with Crippen LogP contribution in [-0.4, -0.2) is 146 Å². The van der Waals surface area contributed by atoms with Crippen LogP contribution in [0.2, 0.25) is 0 Å². The summed E-state index contributed by atoms with van der Waals surface area (Å²) in [5.74, 6) is -9.76. The van der Waals surface area contributed by atoms with Crippen LogP contribution >= 0.6 is 0 Å². The lowest BCUT2D eigenvalue weighted by molar-refractivity contribution is -0.149. The van der Waals surface area contributed by atoms with Crippen molar-refractivity contribution in [2.75, 3.05) is 19.6 Å². The summed E-state index contributed by atoms with van der Waals surface area (Å²) in [6.07, 6.45) is -0.348. The fourth-order valence-electron chi connectivity index (χ4n) is 7.06. The van der Waals surface area contributed by atoms with E-state index < -0.39 is 114 Å². The molecular weight excluding hydrogens is 788 g/mol. The lowest BCUT2D eigenvalue weighted by Gasteiger charge is -2.31. The van der Waals surface area contributed by atoms with Gasteiger partial charge in [-0.25, -0.2) is 4.79 Å². The van der Waals surface area contributed by atoms with Gasteiger partial charge in [0.1, 0.15) is 36.3 Å². The normalized spacial score (nSPS) is 18.6. The lowest BCUT2D eigenvalue weighted by atomic mass is 9.99. The smallest absolute Gasteiger partial charge is 0.326 e. The maximum absolute atomic E-state index is 14.1. The summed E-state index contributed by atoms with van der Waals surface area (Å²) in [5.41, 5.74) is 17.1. The molecule has 13 N–H and O–H groups in total. The fraction of sp³-hybridized carbons (Fsp3) is 0.579. The minimum Gasteiger partial charge on any atom is -0.481 e. The van der Waals surface area contributed by atoms with Crippen molar-refractivity contribution in [1.82, 2.24) is 31.1 Å². The second-order valence-corrected chi connectivity index (χ2v) is 15.1. The first kappa shape index (κ1) is 48.1. The van der Waals surface area contributed by atoms with Gasteiger partial charge in [-0.3, -0.25) is 43.3 Å². The number of benzene rings is 1. The number of aliphatic carboxylic acids is 3. The molecule has 0 spiro atoms. The number of carbonyl (C=O) groups excluding carboxylic acids is 6. The molecule has 22 heteroatoms. The van der Waals surface area contributed by atoms with Crippen molar-refractivity contribution in [2.45, 2.75) is 114 Å². The Morgan fingerprint density at radius 3 is 1.85 bits per heavy atom. The molecule has 1 aromatic carbocycles. The second-order valence-electron chi connectivity index (χ2n) is 15.1. The monoisotopic (exact) mass is 844 g/mol. The highest BCUT2D eigenvalue weighted by Crippen LogP contribution is 2.22. The third kappa shape index (κ3) is 14.2. The second kappa shape index (κ2) is 22.7. The van der Waals surface area contributed by atoms with Crippen molar-refractivity contribution in [1.29, 1.82) is 0 Å². The Labute approximate surface area is 346 Å². The quantitative estimate of drug-likeness (QED) is 0.0321. The van der Waals surface area contributed by atoms with E-state index in [1.165, 1.54) is 4.90 Å². The average Bonchev–Trinajstić information content (AvgIpc) is 3.88. The Kier molecular flexibility index (Phi) is 18.2. The Hall–Kier alpha value is -6.32. The average molecular weight is 845 g/mol. The van der Waals surface area contributed by atoms with Crippen molar-refractivity contribution >= 4 is 59.3 Å². The van der Waals surface area contributed by atoms with Gasteiger partial charge in [-0.2, -0.15) is 0 Å². The Morgan fingerprint density at radius 2 is 1.28 bits per heavy atom. The summed E-state index contributed by atoms with van der Waals surface area (Å²) in [5, 5.41) is 38.4. The minimum absolute atomic E-state index is 0.00155. The molecule has 2 saturated heterocycles. The van der Waals surface area contributed by atoms with E-state index in [2.05, 4.69) is 26.3 Å². The Bertz CT molecular complexity index is 1770. The van der Waals surface area contributed by atoms with E-state index in [1.54, 1.807) is 44.2 Å². The molecule has 0 radical (unpaired) electrons. The van der Waals surface area contributed by atoms with Gasteiger partial charge in [-0.05, 0) is 50.0 Å². The first-order valence-electron chi connectivity index (χ1n) is 19.6.